The number of aromatic nitrogens is 1. The fourth-order valence-electron chi connectivity index (χ4n) is 2.57. The molecule has 1 aromatic heterocycles. The topological polar surface area (TPSA) is 72.5 Å². The number of amides is 1. The molecule has 0 aliphatic carbocycles. The normalized spacial score (nSPS) is 10.2. The third kappa shape index (κ3) is 4.97. The molecule has 0 bridgehead atoms. The second kappa shape index (κ2) is 8.85. The third-order valence-electron chi connectivity index (χ3n) is 4.00. The highest BCUT2D eigenvalue weighted by atomic mass is 19.1. The minimum atomic E-state index is -0.329. The highest BCUT2D eigenvalue weighted by Gasteiger charge is 2.08. The Hall–Kier alpha value is -3.61. The van der Waals surface area contributed by atoms with Gasteiger partial charge in [-0.1, -0.05) is 12.1 Å². The summed E-state index contributed by atoms with van der Waals surface area (Å²) in [6.45, 7) is 0. The van der Waals surface area contributed by atoms with Crippen LogP contribution in [-0.2, 0) is 11.2 Å². The maximum absolute atomic E-state index is 12.9. The summed E-state index contributed by atoms with van der Waals surface area (Å²) in [4.78, 5) is 16.4. The molecule has 1 heterocycles. The Morgan fingerprint density at radius 3 is 2.46 bits per heavy atom. The second-order valence-corrected chi connectivity index (χ2v) is 5.97. The minimum absolute atomic E-state index is 0.156. The predicted octanol–water partition coefficient (Wildman–Crippen LogP) is 4.16. The molecule has 0 atom stereocenters. The molecule has 0 saturated heterocycles. The van der Waals surface area contributed by atoms with E-state index < -0.39 is 0 Å². The highest BCUT2D eigenvalue weighted by Crippen LogP contribution is 2.31. The lowest BCUT2D eigenvalue weighted by Gasteiger charge is -2.12. The largest absolute Gasteiger partial charge is 0.497 e. The van der Waals surface area contributed by atoms with Crippen molar-refractivity contribution < 1.29 is 18.7 Å². The van der Waals surface area contributed by atoms with Crippen LogP contribution in [0.1, 0.15) is 5.56 Å². The van der Waals surface area contributed by atoms with Crippen LogP contribution in [-0.4, -0.2) is 25.1 Å². The smallest absolute Gasteiger partial charge is 0.228 e. The number of nitrogens with one attached hydrogen (secondary N) is 2. The number of rotatable bonds is 7. The van der Waals surface area contributed by atoms with Gasteiger partial charge in [-0.25, -0.2) is 9.37 Å². The van der Waals surface area contributed by atoms with E-state index in [1.54, 1.807) is 50.7 Å². The summed E-state index contributed by atoms with van der Waals surface area (Å²) in [5, 5.41) is 5.93. The molecule has 1 amide bonds. The van der Waals surface area contributed by atoms with Crippen LogP contribution >= 0.6 is 0 Å². The van der Waals surface area contributed by atoms with Gasteiger partial charge in [0, 0.05) is 6.07 Å². The Kier molecular flexibility index (Phi) is 6.06. The molecule has 2 aromatic carbocycles. The summed E-state index contributed by atoms with van der Waals surface area (Å²) in [6, 6.07) is 14.7. The molecule has 0 spiro atoms. The van der Waals surface area contributed by atoms with E-state index in [0.29, 0.717) is 23.0 Å². The van der Waals surface area contributed by atoms with Gasteiger partial charge in [0.15, 0.2) is 0 Å². The summed E-state index contributed by atoms with van der Waals surface area (Å²) in [5.74, 6) is 1.38. The number of anilines is 3. The van der Waals surface area contributed by atoms with Gasteiger partial charge in [0.05, 0.1) is 38.2 Å². The summed E-state index contributed by atoms with van der Waals surface area (Å²) in [6.07, 6.45) is 1.71. The van der Waals surface area contributed by atoms with Gasteiger partial charge in [0.1, 0.15) is 23.1 Å². The van der Waals surface area contributed by atoms with Crippen molar-refractivity contribution in [1.29, 1.82) is 0 Å². The fourth-order valence-corrected chi connectivity index (χ4v) is 2.57. The van der Waals surface area contributed by atoms with Crippen LogP contribution < -0.4 is 20.1 Å². The molecule has 0 radical (unpaired) electrons. The minimum Gasteiger partial charge on any atom is -0.497 e. The summed E-state index contributed by atoms with van der Waals surface area (Å²) in [7, 11) is 3.17. The molecule has 0 unspecified atom stereocenters. The molecule has 144 valence electrons. The third-order valence-corrected chi connectivity index (χ3v) is 4.00. The van der Waals surface area contributed by atoms with E-state index in [9.17, 15) is 9.18 Å². The van der Waals surface area contributed by atoms with Crippen molar-refractivity contribution in [3.63, 3.8) is 0 Å². The number of carbonyl (C=O) groups excluding carboxylic acids is 1. The summed E-state index contributed by atoms with van der Waals surface area (Å²) < 4.78 is 23.5. The maximum Gasteiger partial charge on any atom is 0.228 e. The van der Waals surface area contributed by atoms with Crippen LogP contribution in [0.4, 0.5) is 21.6 Å². The SMILES string of the molecule is COc1ccc(Nc2ccc(NC(=O)Cc3ccc(F)cc3)cn2)c(OC)c1. The molecule has 28 heavy (non-hydrogen) atoms. The van der Waals surface area contributed by atoms with Crippen molar-refractivity contribution in [2.24, 2.45) is 0 Å². The number of halogens is 1. The number of carbonyl (C=O) groups is 1. The Labute approximate surface area is 162 Å². The van der Waals surface area contributed by atoms with Gasteiger partial charge in [-0.05, 0) is 42.0 Å². The van der Waals surface area contributed by atoms with E-state index >= 15 is 0 Å². The van der Waals surface area contributed by atoms with Crippen LogP contribution in [0, 0.1) is 5.82 Å². The summed E-state index contributed by atoms with van der Waals surface area (Å²) in [5.41, 5.74) is 2.04. The fraction of sp³-hybridized carbons (Fsp3) is 0.143. The second-order valence-electron chi connectivity index (χ2n) is 5.97. The Balaban J connectivity index is 1.62. The zero-order valence-corrected chi connectivity index (χ0v) is 15.5. The molecule has 0 fully saturated rings. The number of hydrogen-bond acceptors (Lipinski definition) is 5. The Morgan fingerprint density at radius 1 is 1.04 bits per heavy atom. The number of nitrogens with zero attached hydrogens (tertiary/aromatic N) is 1. The zero-order chi connectivity index (χ0) is 19.9. The van der Waals surface area contributed by atoms with Crippen molar-refractivity contribution in [2.75, 3.05) is 24.9 Å². The van der Waals surface area contributed by atoms with Crippen LogP contribution in [0.15, 0.2) is 60.8 Å². The van der Waals surface area contributed by atoms with Gasteiger partial charge in [0.2, 0.25) is 5.91 Å². The van der Waals surface area contributed by atoms with Crippen LogP contribution in [0.2, 0.25) is 0 Å². The zero-order valence-electron chi connectivity index (χ0n) is 15.5. The number of pyridine rings is 1. The lowest BCUT2D eigenvalue weighted by Crippen LogP contribution is -2.14. The van der Waals surface area contributed by atoms with E-state index in [2.05, 4.69) is 15.6 Å². The molecule has 3 aromatic rings. The van der Waals surface area contributed by atoms with E-state index in [4.69, 9.17) is 9.47 Å². The molecular formula is C21H20FN3O3. The van der Waals surface area contributed by atoms with Gasteiger partial charge in [-0.2, -0.15) is 0 Å². The molecule has 0 saturated carbocycles. The summed E-state index contributed by atoms with van der Waals surface area (Å²) >= 11 is 0. The lowest BCUT2D eigenvalue weighted by molar-refractivity contribution is -0.115. The first kappa shape index (κ1) is 19.2. The van der Waals surface area contributed by atoms with Gasteiger partial charge in [0.25, 0.3) is 0 Å². The predicted molar refractivity (Wildman–Crippen MR) is 106 cm³/mol. The number of ether oxygens (including phenoxy) is 2. The monoisotopic (exact) mass is 381 g/mol. The average molecular weight is 381 g/mol. The first-order valence-electron chi connectivity index (χ1n) is 8.57. The van der Waals surface area contributed by atoms with E-state index in [1.165, 1.54) is 12.1 Å². The Bertz CT molecular complexity index is 944. The van der Waals surface area contributed by atoms with E-state index in [0.717, 1.165) is 11.3 Å². The van der Waals surface area contributed by atoms with Crippen molar-refractivity contribution in [3.8, 4) is 11.5 Å². The van der Waals surface area contributed by atoms with Gasteiger partial charge >= 0.3 is 0 Å². The Morgan fingerprint density at radius 2 is 1.82 bits per heavy atom. The van der Waals surface area contributed by atoms with E-state index in [-0.39, 0.29) is 18.1 Å². The molecule has 0 aliphatic heterocycles. The number of benzene rings is 2. The molecule has 7 heteroatoms. The molecule has 2 N–H and O–H groups in total. The van der Waals surface area contributed by atoms with Crippen LogP contribution in [0.5, 0.6) is 11.5 Å². The quantitative estimate of drug-likeness (QED) is 0.643. The van der Waals surface area contributed by atoms with Gasteiger partial charge < -0.3 is 20.1 Å². The number of methoxy groups -OCH3 is 2. The highest BCUT2D eigenvalue weighted by molar-refractivity contribution is 5.92. The van der Waals surface area contributed by atoms with Crippen molar-refractivity contribution in [1.82, 2.24) is 4.98 Å². The molecule has 6 nitrogen and oxygen atoms in total. The first-order valence-corrected chi connectivity index (χ1v) is 8.57. The lowest BCUT2D eigenvalue weighted by atomic mass is 10.1. The molecule has 3 rings (SSSR count). The first-order chi connectivity index (χ1) is 13.6. The number of hydrogen-bond donors (Lipinski definition) is 2. The van der Waals surface area contributed by atoms with Gasteiger partial charge in [-0.15, -0.1) is 0 Å². The van der Waals surface area contributed by atoms with Crippen molar-refractivity contribution >= 4 is 23.1 Å². The molecular weight excluding hydrogens is 361 g/mol. The van der Waals surface area contributed by atoms with Crippen molar-refractivity contribution in [2.45, 2.75) is 6.42 Å². The van der Waals surface area contributed by atoms with Crippen molar-refractivity contribution in [3.05, 3.63) is 72.2 Å². The standard InChI is InChI=1S/C21H20FN3O3/c1-27-17-8-9-18(19(12-17)28-2)25-20-10-7-16(13-23-20)24-21(26)11-14-3-5-15(22)6-4-14/h3-10,12-13H,11H2,1-2H3,(H,23,25)(H,24,26). The molecule has 0 aliphatic rings. The average Bonchev–Trinajstić information content (AvgIpc) is 2.71. The van der Waals surface area contributed by atoms with Crippen LogP contribution in [0.3, 0.4) is 0 Å². The van der Waals surface area contributed by atoms with Gasteiger partial charge in [-0.3, -0.25) is 4.79 Å². The van der Waals surface area contributed by atoms with E-state index in [1.807, 2.05) is 12.1 Å². The van der Waals surface area contributed by atoms with Crippen LogP contribution in [0.25, 0.3) is 0 Å². The maximum atomic E-state index is 12.9.